The van der Waals surface area contributed by atoms with E-state index in [1.54, 1.807) is 0 Å². The third kappa shape index (κ3) is 6.50. The summed E-state index contributed by atoms with van der Waals surface area (Å²) in [6.07, 6.45) is 2.35. The fourth-order valence-electron chi connectivity index (χ4n) is 6.50. The van der Waals surface area contributed by atoms with Crippen LogP contribution in [0.2, 0.25) is 18.1 Å². The van der Waals surface area contributed by atoms with Gasteiger partial charge in [-0.15, -0.1) is 0 Å². The highest BCUT2D eigenvalue weighted by Crippen LogP contribution is 2.68. The Labute approximate surface area is 251 Å². The van der Waals surface area contributed by atoms with Crippen LogP contribution < -0.4 is 17.0 Å². The van der Waals surface area contributed by atoms with Gasteiger partial charge in [0.05, 0.1) is 24.9 Å². The predicted molar refractivity (Wildman–Crippen MR) is 159 cm³/mol. The number of carbonyl (C=O) groups excluding carboxylic acids is 1. The Balaban J connectivity index is 0.000000194. The number of nitrogens with zero attached hydrogens (tertiary/aromatic N) is 2. The molecule has 4 fully saturated rings. The number of fused-ring (bicyclic) bond motifs is 2. The molecular weight excluding hydrogens is 582 g/mol. The highest BCUT2D eigenvalue weighted by atomic mass is 28.4. The van der Waals surface area contributed by atoms with Gasteiger partial charge in [0.25, 0.3) is 11.6 Å². The Morgan fingerprint density at radius 2 is 1.88 bits per heavy atom. The minimum absolute atomic E-state index is 0.0500. The van der Waals surface area contributed by atoms with Crippen LogP contribution in [0.3, 0.4) is 0 Å². The van der Waals surface area contributed by atoms with Gasteiger partial charge in [0, 0.05) is 34.3 Å². The van der Waals surface area contributed by atoms with E-state index in [2.05, 4.69) is 62.3 Å². The van der Waals surface area contributed by atoms with Crippen LogP contribution in [0.5, 0.6) is 0 Å². The molecule has 10 atom stereocenters. The van der Waals surface area contributed by atoms with E-state index < -0.39 is 49.5 Å². The maximum atomic E-state index is 14.4. The van der Waals surface area contributed by atoms with Crippen molar-refractivity contribution in [2.75, 3.05) is 13.2 Å². The smallest absolute Gasteiger partial charge is 0.328 e. The van der Waals surface area contributed by atoms with Gasteiger partial charge in [-0.05, 0) is 49.2 Å². The highest BCUT2D eigenvalue weighted by Gasteiger charge is 2.72. The van der Waals surface area contributed by atoms with E-state index in [4.69, 9.17) is 10.2 Å². The highest BCUT2D eigenvalue weighted by molar-refractivity contribution is 6.74. The lowest BCUT2D eigenvalue weighted by atomic mass is 9.97. The lowest BCUT2D eigenvalue weighted by Gasteiger charge is -2.41. The largest absolute Gasteiger partial charge is 0.410 e. The molecule has 5 rings (SSSR count). The minimum Gasteiger partial charge on any atom is -0.410 e. The van der Waals surface area contributed by atoms with E-state index in [0.717, 1.165) is 23.5 Å². The van der Waals surface area contributed by atoms with Crippen LogP contribution >= 0.6 is 0 Å². The Hall–Kier alpha value is -2.48. The van der Waals surface area contributed by atoms with E-state index in [9.17, 15) is 33.4 Å². The van der Waals surface area contributed by atoms with Crippen LogP contribution in [0.1, 0.15) is 53.0 Å². The van der Waals surface area contributed by atoms with Crippen molar-refractivity contribution in [3.05, 3.63) is 45.8 Å². The molecule has 4 saturated carbocycles. The lowest BCUT2D eigenvalue weighted by molar-refractivity contribution is 0.00891. The second kappa shape index (κ2) is 12.9. The third-order valence-electron chi connectivity index (χ3n) is 10.3. The van der Waals surface area contributed by atoms with Crippen molar-refractivity contribution in [1.82, 2.24) is 9.55 Å². The number of isocyanates is 1. The first-order valence-corrected chi connectivity index (χ1v) is 17.5. The number of nitrogens with one attached hydrogen (secondary N) is 1. The first-order chi connectivity index (χ1) is 20.0. The number of halogens is 2. The molecule has 0 unspecified atom stereocenters. The summed E-state index contributed by atoms with van der Waals surface area (Å²) in [4.78, 5) is 38.1. The molecule has 11 nitrogen and oxygen atoms in total. The third-order valence-corrected chi connectivity index (χ3v) is 14.8. The Bertz CT molecular complexity index is 1310. The van der Waals surface area contributed by atoms with Gasteiger partial charge in [0.1, 0.15) is 19.0 Å². The lowest BCUT2D eigenvalue weighted by Crippen LogP contribution is -2.49. The van der Waals surface area contributed by atoms with Crippen LogP contribution in [0.4, 0.5) is 8.78 Å². The number of hydrogen-bond donors (Lipinski definition) is 4. The normalized spacial score (nSPS) is 36.9. The molecule has 43 heavy (non-hydrogen) atoms. The monoisotopic (exact) mass is 628 g/mol. The van der Waals surface area contributed by atoms with Crippen LogP contribution in [0.15, 0.2) is 39.7 Å². The molecule has 0 aromatic carbocycles. The fourth-order valence-corrected chi connectivity index (χ4v) is 7.85. The number of aliphatic hydroxyl groups excluding tert-OH is 2. The van der Waals surface area contributed by atoms with Gasteiger partial charge in [0.15, 0.2) is 8.32 Å². The van der Waals surface area contributed by atoms with E-state index in [-0.39, 0.29) is 41.7 Å². The molecule has 4 aliphatic rings. The van der Waals surface area contributed by atoms with E-state index in [1.807, 2.05) is 0 Å². The summed E-state index contributed by atoms with van der Waals surface area (Å²) < 4.78 is 35.9. The number of alkyl halides is 2. The van der Waals surface area contributed by atoms with Crippen LogP contribution in [-0.4, -0.2) is 78.0 Å². The van der Waals surface area contributed by atoms with Crippen molar-refractivity contribution >= 4 is 14.4 Å². The van der Waals surface area contributed by atoms with E-state index >= 15 is 0 Å². The molecule has 1 aromatic heterocycles. The summed E-state index contributed by atoms with van der Waals surface area (Å²) in [6, 6.07) is 0.0122. The quantitative estimate of drug-likeness (QED) is 0.0851. The fraction of sp³-hybridized carbons (Fsp3) is 0.759. The van der Waals surface area contributed by atoms with Crippen molar-refractivity contribution in [1.29, 1.82) is 0 Å². The maximum absolute atomic E-state index is 14.4. The SMILES string of the molecule is C=CCON=C=O.CC[C@@]12C[C@@H]1[C@@H](N)[C@H](F)[C@@H]2O[Si](C)(C)C(C)(C)C.O=c1ccn([C@H]2[C@H](F)[C@H](O)[C@]3(CO)C[C@H]23)c(=O)[nH]1. The van der Waals surface area contributed by atoms with Crippen LogP contribution in [0, 0.1) is 22.7 Å². The molecule has 4 aliphatic carbocycles. The van der Waals surface area contributed by atoms with Crippen molar-refractivity contribution in [2.45, 2.75) is 102 Å². The van der Waals surface area contributed by atoms with Gasteiger partial charge in [-0.2, -0.15) is 0 Å². The summed E-state index contributed by atoms with van der Waals surface area (Å²) >= 11 is 0. The molecule has 5 N–H and O–H groups in total. The van der Waals surface area contributed by atoms with Crippen LogP contribution in [0.25, 0.3) is 0 Å². The molecular formula is C29H46F2N4O7Si. The van der Waals surface area contributed by atoms with E-state index in [0.29, 0.717) is 12.3 Å². The number of aromatic amines is 1. The summed E-state index contributed by atoms with van der Waals surface area (Å²) in [5.41, 5.74) is 3.99. The first-order valence-electron chi connectivity index (χ1n) is 14.6. The van der Waals surface area contributed by atoms with Gasteiger partial charge < -0.3 is 25.2 Å². The summed E-state index contributed by atoms with van der Waals surface area (Å²) in [5, 5.41) is 22.0. The number of H-pyrrole nitrogens is 1. The van der Waals surface area contributed by atoms with Gasteiger partial charge >= 0.3 is 5.69 Å². The molecule has 0 aliphatic heterocycles. The zero-order valence-corrected chi connectivity index (χ0v) is 26.8. The van der Waals surface area contributed by atoms with Gasteiger partial charge in [-0.1, -0.05) is 40.3 Å². The average molecular weight is 629 g/mol. The Morgan fingerprint density at radius 1 is 1.26 bits per heavy atom. The number of nitrogens with two attached hydrogens (primary N) is 1. The summed E-state index contributed by atoms with van der Waals surface area (Å²) in [6.45, 7) is 16.4. The maximum Gasteiger partial charge on any atom is 0.328 e. The molecule has 1 aromatic rings. The topological polar surface area (TPSA) is 169 Å². The number of aliphatic hydroxyl groups is 2. The van der Waals surface area contributed by atoms with Gasteiger partial charge in [-0.25, -0.2) is 18.4 Å². The number of aromatic nitrogens is 2. The molecule has 242 valence electrons. The van der Waals surface area contributed by atoms with Crippen molar-refractivity contribution in [3.63, 3.8) is 0 Å². The summed E-state index contributed by atoms with van der Waals surface area (Å²) in [5.74, 6) is 0.0865. The second-order valence-corrected chi connectivity index (χ2v) is 18.3. The van der Waals surface area contributed by atoms with Crippen LogP contribution in [-0.2, 0) is 14.1 Å². The predicted octanol–water partition coefficient (Wildman–Crippen LogP) is 2.70. The standard InChI is InChI=1S/C14H28FNOSi.C11H13FN2O4.C4H5NO2/c1-7-14-8-9(14)11(16)10(15)12(14)17-18(5,6)13(2,3)4;12-7-8(5-3-11(5,4-15)9(7)17)14-2-1-6(16)13-10(14)18;1-2-3-7-5-4-6/h9-12H,7-8,16H2,1-6H3;1-2,5,7-9,15,17H,3-4H2,(H,13,16,18);2H,1,3H2/t9-,10+,11-,12+,14-;5-,7+,8-,9+,11+;/m11./s1. The minimum atomic E-state index is -1.92. The zero-order chi connectivity index (χ0) is 32.5. The van der Waals surface area contributed by atoms with Crippen molar-refractivity contribution in [3.8, 4) is 0 Å². The Kier molecular flexibility index (Phi) is 10.5. The number of hydrogen-bond acceptors (Lipinski definition) is 9. The second-order valence-electron chi connectivity index (χ2n) is 13.6. The van der Waals surface area contributed by atoms with Crippen molar-refractivity contribution < 1.29 is 33.1 Å². The van der Waals surface area contributed by atoms with Gasteiger partial charge in [-0.3, -0.25) is 14.3 Å². The molecule has 0 radical (unpaired) electrons. The average Bonchev–Trinajstić information content (AvgIpc) is 3.83. The van der Waals surface area contributed by atoms with Gasteiger partial charge in [0.2, 0.25) is 0 Å². The molecule has 0 amide bonds. The number of rotatable bonds is 8. The molecule has 0 spiro atoms. The first kappa shape index (κ1) is 35.0. The molecule has 1 heterocycles. The zero-order valence-electron chi connectivity index (χ0n) is 25.8. The Morgan fingerprint density at radius 3 is 2.37 bits per heavy atom. The van der Waals surface area contributed by atoms with Crippen molar-refractivity contribution in [2.24, 2.45) is 33.6 Å². The van der Waals surface area contributed by atoms with E-state index in [1.165, 1.54) is 18.4 Å². The molecule has 14 heteroatoms. The molecule has 0 saturated heterocycles. The summed E-state index contributed by atoms with van der Waals surface area (Å²) in [7, 11) is -1.92. The molecule has 0 bridgehead atoms.